The lowest BCUT2D eigenvalue weighted by Gasteiger charge is -2.19. The van der Waals surface area contributed by atoms with Crippen molar-refractivity contribution in [2.24, 2.45) is 0 Å². The van der Waals surface area contributed by atoms with Gasteiger partial charge in [0.2, 0.25) is 0 Å². The molecule has 4 aromatic heterocycles. The van der Waals surface area contributed by atoms with Crippen LogP contribution in [0.1, 0.15) is 8.22 Å². The summed E-state index contributed by atoms with van der Waals surface area (Å²) in [5.74, 6) is 1.18. The van der Waals surface area contributed by atoms with Gasteiger partial charge in [0.25, 0.3) is 0 Å². The number of rotatable bonds is 5. The number of furan rings is 2. The summed E-state index contributed by atoms with van der Waals surface area (Å²) in [7, 11) is 0. The Kier molecular flexibility index (Phi) is 5.64. The number of fused-ring (bicyclic) bond motifs is 9. The summed E-state index contributed by atoms with van der Waals surface area (Å²) in [6, 6.07) is 44.9. The van der Waals surface area contributed by atoms with Crippen LogP contribution >= 0.6 is 0 Å². The predicted molar refractivity (Wildman–Crippen MR) is 230 cm³/mol. The molecule has 0 saturated heterocycles. The number of hydrogen-bond acceptors (Lipinski definition) is 5. The van der Waals surface area contributed by atoms with Crippen LogP contribution in [0.5, 0.6) is 0 Å². The highest BCUT2D eigenvalue weighted by molar-refractivity contribution is 6.14. The van der Waals surface area contributed by atoms with Crippen LogP contribution in [0.3, 0.4) is 0 Å². The number of nitrogens with zero attached hydrogens (tertiary/aromatic N) is 4. The Morgan fingerprint density at radius 3 is 1.86 bits per heavy atom. The van der Waals surface area contributed by atoms with Crippen LogP contribution in [0, 0.1) is 0 Å². The molecule has 0 N–H and O–H groups in total. The van der Waals surface area contributed by atoms with E-state index in [1.165, 1.54) is 6.07 Å². The first kappa shape index (κ1) is 26.1. The molecule has 6 nitrogen and oxygen atoms in total. The van der Waals surface area contributed by atoms with Gasteiger partial charge in [-0.1, -0.05) is 145 Å². The molecular formula is C51H30N4O2. The molecule has 0 fully saturated rings. The molecule has 266 valence electrons. The molecule has 0 unspecified atom stereocenters. The van der Waals surface area contributed by atoms with Gasteiger partial charge in [0.15, 0.2) is 17.5 Å². The fourth-order valence-corrected chi connectivity index (χ4v) is 8.18. The summed E-state index contributed by atoms with van der Waals surface area (Å²) in [6.07, 6.45) is 0. The molecule has 0 aliphatic heterocycles. The second-order valence-corrected chi connectivity index (χ2v) is 13.8. The Labute approximate surface area is 334 Å². The third-order valence-corrected chi connectivity index (χ3v) is 10.6. The summed E-state index contributed by atoms with van der Waals surface area (Å²) >= 11 is 0. The fraction of sp³-hybridized carbons (Fsp3) is 0. The summed E-state index contributed by atoms with van der Waals surface area (Å²) in [5.41, 5.74) is 6.56. The van der Waals surface area contributed by atoms with Gasteiger partial charge >= 0.3 is 0 Å². The normalized spacial score (nSPS) is 13.3. The highest BCUT2D eigenvalue weighted by Gasteiger charge is 2.25. The van der Waals surface area contributed by atoms with Crippen LogP contribution in [0.2, 0.25) is 0 Å². The smallest absolute Gasteiger partial charge is 0.166 e. The quantitative estimate of drug-likeness (QED) is 0.176. The van der Waals surface area contributed by atoms with Gasteiger partial charge in [-0.15, -0.1) is 0 Å². The molecule has 0 amide bonds. The summed E-state index contributed by atoms with van der Waals surface area (Å²) in [6.45, 7) is 0. The minimum Gasteiger partial charge on any atom is -0.456 e. The molecule has 57 heavy (non-hydrogen) atoms. The standard InChI is InChI=1S/C51H30N4O2/c1-2-15-31(16-3-1)49-52-50(39-24-14-30-45-46(39)38-20-7-11-29-44(38)56-45)54-51(53-49)40-25-12-21-35(37-23-13-22-36-34-19-6-10-28-43(34)57-48(36)37)47(40)55-41-26-8-4-17-32(41)33-18-5-9-27-42(33)55/h1-30H/i6D,13D,19D,22D,23D,28D. The van der Waals surface area contributed by atoms with Crippen LogP contribution in [0.4, 0.5) is 0 Å². The first-order valence-electron chi connectivity index (χ1n) is 21.5. The number of aromatic nitrogens is 4. The SMILES string of the molecule is [2H]c1cc([2H])c2oc3c(-c4cccc(-c5nc(-c6ccccc6)nc(-c6cccc7oc8ccccc8c67)n5)c4-n4c5ccccc5c5ccccc54)c([2H])c([2H])c([2H])c3c2c1[2H]. The molecule has 0 spiro atoms. The molecule has 0 bridgehead atoms. The monoisotopic (exact) mass is 736 g/mol. The molecule has 0 aliphatic rings. The number of para-hydroxylation sites is 6. The maximum absolute atomic E-state index is 9.56. The molecule has 0 aliphatic carbocycles. The van der Waals surface area contributed by atoms with Crippen LogP contribution in [-0.2, 0) is 0 Å². The van der Waals surface area contributed by atoms with Crippen LogP contribution in [-0.4, -0.2) is 19.5 Å². The third kappa shape index (κ3) is 4.81. The van der Waals surface area contributed by atoms with Gasteiger partial charge < -0.3 is 13.4 Å². The van der Waals surface area contributed by atoms with E-state index in [1.807, 2.05) is 127 Å². The van der Waals surface area contributed by atoms with Crippen molar-refractivity contribution in [2.75, 3.05) is 0 Å². The van der Waals surface area contributed by atoms with Gasteiger partial charge in [-0.2, -0.15) is 0 Å². The second kappa shape index (κ2) is 12.3. The van der Waals surface area contributed by atoms with Crippen molar-refractivity contribution >= 4 is 65.7 Å². The minimum absolute atomic E-state index is 0.0101. The Hall–Kier alpha value is -7.83. The van der Waals surface area contributed by atoms with E-state index < -0.39 is 0 Å². The van der Waals surface area contributed by atoms with E-state index in [-0.39, 0.29) is 63.8 Å². The van der Waals surface area contributed by atoms with Gasteiger partial charge in [-0.25, -0.2) is 15.0 Å². The van der Waals surface area contributed by atoms with Crippen molar-refractivity contribution < 1.29 is 17.1 Å². The van der Waals surface area contributed by atoms with Crippen molar-refractivity contribution in [1.29, 1.82) is 0 Å². The van der Waals surface area contributed by atoms with Gasteiger partial charge in [-0.05, 0) is 36.4 Å². The van der Waals surface area contributed by atoms with E-state index >= 15 is 0 Å². The van der Waals surface area contributed by atoms with E-state index in [0.717, 1.165) is 49.3 Å². The first-order chi connectivity index (χ1) is 30.8. The summed E-state index contributed by atoms with van der Waals surface area (Å²) in [5, 5.41) is 3.94. The van der Waals surface area contributed by atoms with Crippen molar-refractivity contribution in [3.8, 4) is 51.0 Å². The molecule has 0 radical (unpaired) electrons. The van der Waals surface area contributed by atoms with E-state index in [9.17, 15) is 2.74 Å². The molecular weight excluding hydrogens is 701 g/mol. The largest absolute Gasteiger partial charge is 0.456 e. The maximum Gasteiger partial charge on any atom is 0.166 e. The summed E-state index contributed by atoms with van der Waals surface area (Å²) in [4.78, 5) is 15.6. The van der Waals surface area contributed by atoms with E-state index in [4.69, 9.17) is 29.3 Å². The molecule has 12 aromatic rings. The topological polar surface area (TPSA) is 69.9 Å². The van der Waals surface area contributed by atoms with Crippen molar-refractivity contribution in [3.05, 3.63) is 182 Å². The van der Waals surface area contributed by atoms with Crippen LogP contribution in [0.25, 0.3) is 117 Å². The fourth-order valence-electron chi connectivity index (χ4n) is 8.18. The van der Waals surface area contributed by atoms with E-state index in [1.54, 1.807) is 0 Å². The molecule has 6 heteroatoms. The zero-order valence-electron chi connectivity index (χ0n) is 36.0. The van der Waals surface area contributed by atoms with Gasteiger partial charge in [0.1, 0.15) is 22.3 Å². The minimum atomic E-state index is -0.380. The van der Waals surface area contributed by atoms with Crippen molar-refractivity contribution in [3.63, 3.8) is 0 Å². The lowest BCUT2D eigenvalue weighted by atomic mass is 9.97. The van der Waals surface area contributed by atoms with Gasteiger partial charge in [-0.3, -0.25) is 0 Å². The predicted octanol–water partition coefficient (Wildman–Crippen LogP) is 13.4. The van der Waals surface area contributed by atoms with Gasteiger partial charge in [0.05, 0.1) is 24.9 Å². The second-order valence-electron chi connectivity index (χ2n) is 13.8. The average molecular weight is 737 g/mol. The Morgan fingerprint density at radius 2 is 1.04 bits per heavy atom. The molecule has 4 heterocycles. The van der Waals surface area contributed by atoms with Gasteiger partial charge in [0, 0.05) is 60.1 Å². The molecule has 12 rings (SSSR count). The number of hydrogen-bond donors (Lipinski definition) is 0. The Morgan fingerprint density at radius 1 is 0.404 bits per heavy atom. The Bertz CT molecular complexity index is 3840. The molecule has 0 saturated carbocycles. The zero-order chi connectivity index (χ0) is 42.7. The molecule has 8 aromatic carbocycles. The summed E-state index contributed by atoms with van der Waals surface area (Å²) < 4.78 is 68.8. The Balaban J connectivity index is 1.25. The molecule has 0 atom stereocenters. The van der Waals surface area contributed by atoms with E-state index in [0.29, 0.717) is 39.9 Å². The number of benzene rings is 8. The maximum atomic E-state index is 9.56. The lowest BCUT2D eigenvalue weighted by Crippen LogP contribution is -2.05. The van der Waals surface area contributed by atoms with Crippen molar-refractivity contribution in [1.82, 2.24) is 19.5 Å². The zero-order valence-corrected chi connectivity index (χ0v) is 30.0. The first-order valence-corrected chi connectivity index (χ1v) is 18.5. The van der Waals surface area contributed by atoms with Crippen LogP contribution < -0.4 is 0 Å². The highest BCUT2D eigenvalue weighted by Crippen LogP contribution is 2.44. The van der Waals surface area contributed by atoms with Crippen molar-refractivity contribution in [2.45, 2.75) is 0 Å². The third-order valence-electron chi connectivity index (χ3n) is 10.6. The lowest BCUT2D eigenvalue weighted by molar-refractivity contribution is 0.669. The highest BCUT2D eigenvalue weighted by atomic mass is 16.3. The van der Waals surface area contributed by atoms with Crippen LogP contribution in [0.15, 0.2) is 191 Å². The van der Waals surface area contributed by atoms with E-state index in [2.05, 4.69) is 16.7 Å². The average Bonchev–Trinajstić information content (AvgIpc) is 4.01.